The van der Waals surface area contributed by atoms with Crippen molar-refractivity contribution in [2.45, 2.75) is 89.1 Å². The summed E-state index contributed by atoms with van der Waals surface area (Å²) in [4.78, 5) is 23.6. The largest absolute Gasteiger partial charge is 0.445 e. The molecule has 1 saturated heterocycles. The zero-order valence-corrected chi connectivity index (χ0v) is 24.7. The molecule has 11 heteroatoms. The van der Waals surface area contributed by atoms with Crippen LogP contribution in [-0.2, 0) is 22.8 Å². The van der Waals surface area contributed by atoms with Crippen LogP contribution in [0.25, 0.3) is 11.0 Å². The quantitative estimate of drug-likeness (QED) is 0.222. The van der Waals surface area contributed by atoms with Crippen LogP contribution in [0.3, 0.4) is 0 Å². The van der Waals surface area contributed by atoms with Crippen LogP contribution in [0.4, 0.5) is 19.4 Å². The molecule has 3 aromatic rings. The molecule has 1 N–H and O–H groups in total. The highest BCUT2D eigenvalue weighted by Crippen LogP contribution is 2.57. The Morgan fingerprint density at radius 3 is 2.62 bits per heavy atom. The smallest absolute Gasteiger partial charge is 0.410 e. The first kappa shape index (κ1) is 28.5. The fraction of sp³-hybridized carbons (Fsp3) is 0.552. The van der Waals surface area contributed by atoms with Crippen molar-refractivity contribution in [2.75, 3.05) is 18.5 Å². The molecule has 1 unspecified atom stereocenters. The summed E-state index contributed by atoms with van der Waals surface area (Å²) >= 11 is 0. The number of likely N-dealkylation sites (tertiary alicyclic amines) is 1. The van der Waals surface area contributed by atoms with E-state index in [1.807, 2.05) is 41.8 Å². The van der Waals surface area contributed by atoms with Gasteiger partial charge in [0.05, 0.1) is 11.3 Å². The first-order chi connectivity index (χ1) is 19.0. The highest BCUT2D eigenvalue weighted by molar-refractivity contribution is 6.76. The Balaban J connectivity index is 1.32. The van der Waals surface area contributed by atoms with Crippen molar-refractivity contribution >= 4 is 31.0 Å². The second kappa shape index (κ2) is 11.4. The Kier molecular flexibility index (Phi) is 8.14. The van der Waals surface area contributed by atoms with Crippen LogP contribution in [-0.4, -0.2) is 64.8 Å². The number of carbonyl (C=O) groups is 1. The summed E-state index contributed by atoms with van der Waals surface area (Å²) in [6.07, 6.45) is 4.25. The molecule has 2 aliphatic rings. The van der Waals surface area contributed by atoms with Crippen LogP contribution in [0, 0.1) is 0 Å². The van der Waals surface area contributed by atoms with Crippen LogP contribution >= 0.6 is 0 Å². The number of rotatable bonds is 10. The Morgan fingerprint density at radius 1 is 1.18 bits per heavy atom. The third-order valence-corrected chi connectivity index (χ3v) is 9.48. The molecule has 3 heterocycles. The van der Waals surface area contributed by atoms with Gasteiger partial charge in [0.1, 0.15) is 31.1 Å². The third kappa shape index (κ3) is 6.63. The van der Waals surface area contributed by atoms with E-state index in [9.17, 15) is 13.6 Å². The van der Waals surface area contributed by atoms with Crippen molar-refractivity contribution in [1.29, 1.82) is 0 Å². The maximum atomic E-state index is 14.3. The van der Waals surface area contributed by atoms with Gasteiger partial charge < -0.3 is 24.3 Å². The van der Waals surface area contributed by atoms with Gasteiger partial charge in [-0.2, -0.15) is 0 Å². The Hall–Kier alpha value is -3.05. The molecule has 5 rings (SSSR count). The van der Waals surface area contributed by atoms with Crippen molar-refractivity contribution in [3.8, 4) is 0 Å². The standard InChI is InChI=1S/C29H39F2N5O3Si/c1-20-10-11-22(15-36(20)28(37)39-17-21-8-6-5-7-9-21)34-26-25-23(24-14-29(24,30)31)16-35(27(25)33-18-32-26)19-38-12-13-40(2,3)4/h5-9,16,18,20,22,24H,10-15,17,19H2,1-4H3,(H,32,33,34)/t20-,22+,24?/m0/s1. The lowest BCUT2D eigenvalue weighted by Gasteiger charge is -2.37. The number of carbonyl (C=O) groups excluding carboxylic acids is 1. The van der Waals surface area contributed by atoms with E-state index in [0.717, 1.165) is 24.4 Å². The SMILES string of the molecule is C[C@H]1CC[C@@H](Nc2ncnc3c2c(C2CC2(F)F)cn3COCC[Si](C)(C)C)CN1C(=O)OCc1ccccc1. The van der Waals surface area contributed by atoms with Gasteiger partial charge in [-0.25, -0.2) is 23.5 Å². The third-order valence-electron chi connectivity index (χ3n) is 7.77. The molecule has 0 radical (unpaired) electrons. The van der Waals surface area contributed by atoms with E-state index >= 15 is 0 Å². The first-order valence-corrected chi connectivity index (χ1v) is 17.8. The minimum absolute atomic E-state index is 0.0295. The number of nitrogens with zero attached hydrogens (tertiary/aromatic N) is 4. The minimum atomic E-state index is -2.73. The van der Waals surface area contributed by atoms with Crippen LogP contribution in [0.15, 0.2) is 42.9 Å². The maximum Gasteiger partial charge on any atom is 0.410 e. The van der Waals surface area contributed by atoms with Gasteiger partial charge in [0.25, 0.3) is 5.92 Å². The van der Waals surface area contributed by atoms with Gasteiger partial charge in [-0.1, -0.05) is 50.0 Å². The maximum absolute atomic E-state index is 14.3. The number of ether oxygens (including phenoxy) is 2. The number of hydrogen-bond acceptors (Lipinski definition) is 6. The average Bonchev–Trinajstić information content (AvgIpc) is 3.39. The van der Waals surface area contributed by atoms with E-state index in [1.165, 1.54) is 6.33 Å². The summed E-state index contributed by atoms with van der Waals surface area (Å²) in [7, 11) is -1.25. The van der Waals surface area contributed by atoms with Gasteiger partial charge in [0.2, 0.25) is 0 Å². The van der Waals surface area contributed by atoms with Crippen LogP contribution in [0.5, 0.6) is 0 Å². The second-order valence-corrected chi connectivity index (χ2v) is 17.9. The highest BCUT2D eigenvalue weighted by atomic mass is 28.3. The van der Waals surface area contributed by atoms with E-state index < -0.39 is 19.9 Å². The topological polar surface area (TPSA) is 81.5 Å². The number of alkyl halides is 2. The number of nitrogens with one attached hydrogen (secondary N) is 1. The zero-order valence-electron chi connectivity index (χ0n) is 23.7. The van der Waals surface area contributed by atoms with E-state index in [0.29, 0.717) is 35.6 Å². The molecule has 1 amide bonds. The molecule has 0 bridgehead atoms. The Morgan fingerprint density at radius 2 is 1.93 bits per heavy atom. The Labute approximate surface area is 235 Å². The summed E-state index contributed by atoms with van der Waals surface area (Å²) in [5, 5.41) is 4.07. The Bertz CT molecular complexity index is 1330. The summed E-state index contributed by atoms with van der Waals surface area (Å²) in [6, 6.07) is 10.5. The molecule has 1 aromatic carbocycles. The molecule has 1 saturated carbocycles. The molecule has 8 nitrogen and oxygen atoms in total. The van der Waals surface area contributed by atoms with Crippen molar-refractivity contribution in [3.63, 3.8) is 0 Å². The van der Waals surface area contributed by atoms with Crippen LogP contribution in [0.1, 0.15) is 43.2 Å². The molecule has 216 valence electrons. The normalized spacial score (nSPS) is 22.4. The van der Waals surface area contributed by atoms with Crippen molar-refractivity contribution in [1.82, 2.24) is 19.4 Å². The van der Waals surface area contributed by atoms with Crippen LogP contribution in [0.2, 0.25) is 25.7 Å². The molecule has 40 heavy (non-hydrogen) atoms. The van der Waals surface area contributed by atoms with Gasteiger partial charge >= 0.3 is 6.09 Å². The molecule has 0 spiro atoms. The number of hydrogen-bond donors (Lipinski definition) is 1. The highest BCUT2D eigenvalue weighted by Gasteiger charge is 2.58. The fourth-order valence-corrected chi connectivity index (χ4v) is 5.95. The van der Waals surface area contributed by atoms with E-state index in [2.05, 4.69) is 34.9 Å². The van der Waals surface area contributed by atoms with E-state index in [-0.39, 0.29) is 37.9 Å². The van der Waals surface area contributed by atoms with Crippen molar-refractivity contribution in [3.05, 3.63) is 54.0 Å². The van der Waals surface area contributed by atoms with Crippen LogP contribution < -0.4 is 5.32 Å². The fourth-order valence-electron chi connectivity index (χ4n) is 5.19. The monoisotopic (exact) mass is 571 g/mol. The van der Waals surface area contributed by atoms with Gasteiger partial charge in [-0.3, -0.25) is 0 Å². The molecule has 1 aliphatic heterocycles. The summed E-state index contributed by atoms with van der Waals surface area (Å²) in [5.41, 5.74) is 2.05. The number of benzene rings is 1. The lowest BCUT2D eigenvalue weighted by Crippen LogP contribution is -2.49. The molecular weight excluding hydrogens is 532 g/mol. The lowest BCUT2D eigenvalue weighted by molar-refractivity contribution is 0.0695. The molecular formula is C29H39F2N5O3Si. The zero-order chi connectivity index (χ0) is 28.5. The first-order valence-electron chi connectivity index (χ1n) is 14.0. The molecule has 1 aliphatic carbocycles. The number of anilines is 1. The van der Waals surface area contributed by atoms with E-state index in [1.54, 1.807) is 11.1 Å². The van der Waals surface area contributed by atoms with Crippen molar-refractivity contribution in [2.24, 2.45) is 0 Å². The molecule has 2 aromatic heterocycles. The summed E-state index contributed by atoms with van der Waals surface area (Å²) < 4.78 is 41.9. The number of fused-ring (bicyclic) bond motifs is 1. The lowest BCUT2D eigenvalue weighted by atomic mass is 9.99. The molecule has 3 atom stereocenters. The predicted octanol–water partition coefficient (Wildman–Crippen LogP) is 6.47. The second-order valence-electron chi connectivity index (χ2n) is 12.3. The number of aromatic nitrogens is 3. The summed E-state index contributed by atoms with van der Waals surface area (Å²) in [5.74, 6) is -3.08. The number of amides is 1. The minimum Gasteiger partial charge on any atom is -0.445 e. The average molecular weight is 572 g/mol. The van der Waals surface area contributed by atoms with Gasteiger partial charge in [0, 0.05) is 45.9 Å². The summed E-state index contributed by atoms with van der Waals surface area (Å²) in [6.45, 7) is 10.4. The van der Waals surface area contributed by atoms with Gasteiger partial charge in [-0.15, -0.1) is 0 Å². The number of halogens is 2. The van der Waals surface area contributed by atoms with Gasteiger partial charge in [0.15, 0.2) is 0 Å². The molecule has 2 fully saturated rings. The van der Waals surface area contributed by atoms with Gasteiger partial charge in [-0.05, 0) is 36.9 Å². The van der Waals surface area contributed by atoms with Crippen molar-refractivity contribution < 1.29 is 23.0 Å². The number of piperidine rings is 1. The van der Waals surface area contributed by atoms with E-state index in [4.69, 9.17) is 9.47 Å². The predicted molar refractivity (Wildman–Crippen MR) is 153 cm³/mol.